The molecule has 106 valence electrons. The molecule has 2 rings (SSSR count). The number of benzene rings is 1. The largest absolute Gasteiger partial charge is 0.306 e. The third-order valence-corrected chi connectivity index (χ3v) is 3.52. The first-order valence-electron chi connectivity index (χ1n) is 6.90. The molecule has 0 saturated heterocycles. The van der Waals surface area contributed by atoms with Crippen LogP contribution in [0.3, 0.4) is 0 Å². The molecule has 0 saturated carbocycles. The van der Waals surface area contributed by atoms with Crippen molar-refractivity contribution in [2.45, 2.75) is 40.3 Å². The summed E-state index contributed by atoms with van der Waals surface area (Å²) in [5.41, 5.74) is 5.52. The van der Waals surface area contributed by atoms with Crippen molar-refractivity contribution in [3.63, 3.8) is 0 Å². The monoisotopic (exact) mass is 272 g/mol. The van der Waals surface area contributed by atoms with Crippen LogP contribution in [0.15, 0.2) is 30.3 Å². The lowest BCUT2D eigenvalue weighted by Gasteiger charge is -2.19. The Morgan fingerprint density at radius 3 is 2.60 bits per heavy atom. The van der Waals surface area contributed by atoms with E-state index in [0.717, 1.165) is 17.0 Å². The van der Waals surface area contributed by atoms with Crippen LogP contribution in [-0.2, 0) is 6.54 Å². The molecule has 2 aromatic rings. The zero-order valence-corrected chi connectivity index (χ0v) is 12.5. The van der Waals surface area contributed by atoms with Crippen molar-refractivity contribution in [1.82, 2.24) is 10.3 Å². The molecule has 0 spiro atoms. The van der Waals surface area contributed by atoms with Gasteiger partial charge in [-0.1, -0.05) is 12.1 Å². The summed E-state index contributed by atoms with van der Waals surface area (Å²) in [4.78, 5) is 4.52. The van der Waals surface area contributed by atoms with Crippen LogP contribution >= 0.6 is 0 Å². The highest BCUT2D eigenvalue weighted by atomic mass is 19.1. The molecule has 1 unspecified atom stereocenters. The summed E-state index contributed by atoms with van der Waals surface area (Å²) in [6.07, 6.45) is 0. The van der Waals surface area contributed by atoms with Crippen LogP contribution in [0.1, 0.15) is 41.0 Å². The topological polar surface area (TPSA) is 24.9 Å². The van der Waals surface area contributed by atoms with Crippen LogP contribution < -0.4 is 5.32 Å². The van der Waals surface area contributed by atoms with E-state index in [1.807, 2.05) is 19.9 Å². The summed E-state index contributed by atoms with van der Waals surface area (Å²) in [7, 11) is 0. The summed E-state index contributed by atoms with van der Waals surface area (Å²) in [6, 6.07) is 8.98. The van der Waals surface area contributed by atoms with Gasteiger partial charge in [-0.25, -0.2) is 4.39 Å². The first kappa shape index (κ1) is 14.7. The van der Waals surface area contributed by atoms with Crippen LogP contribution in [0, 0.1) is 26.6 Å². The van der Waals surface area contributed by atoms with Crippen LogP contribution in [-0.4, -0.2) is 4.98 Å². The molecule has 0 bridgehead atoms. The molecule has 0 fully saturated rings. The van der Waals surface area contributed by atoms with Crippen molar-refractivity contribution in [3.8, 4) is 0 Å². The van der Waals surface area contributed by atoms with Gasteiger partial charge in [0.2, 0.25) is 0 Å². The number of hydrogen-bond donors (Lipinski definition) is 1. The number of rotatable bonds is 4. The van der Waals surface area contributed by atoms with E-state index in [1.165, 1.54) is 17.2 Å². The van der Waals surface area contributed by atoms with E-state index in [9.17, 15) is 4.39 Å². The lowest BCUT2D eigenvalue weighted by molar-refractivity contribution is 0.562. The highest BCUT2D eigenvalue weighted by Crippen LogP contribution is 2.21. The van der Waals surface area contributed by atoms with Crippen molar-refractivity contribution < 1.29 is 4.39 Å². The molecule has 0 aliphatic heterocycles. The van der Waals surface area contributed by atoms with Gasteiger partial charge >= 0.3 is 0 Å². The number of nitrogens with one attached hydrogen (secondary N) is 1. The fraction of sp³-hybridized carbons (Fsp3) is 0.353. The summed E-state index contributed by atoms with van der Waals surface area (Å²) in [5.74, 6) is -0.193. The summed E-state index contributed by atoms with van der Waals surface area (Å²) >= 11 is 0. The van der Waals surface area contributed by atoms with Crippen molar-refractivity contribution in [2.24, 2.45) is 0 Å². The third kappa shape index (κ3) is 3.42. The molecule has 0 aliphatic rings. The Morgan fingerprint density at radius 1 is 1.20 bits per heavy atom. The molecule has 2 nitrogen and oxygen atoms in total. The highest BCUT2D eigenvalue weighted by Gasteiger charge is 2.12. The van der Waals surface area contributed by atoms with Gasteiger partial charge in [0.25, 0.3) is 0 Å². The number of aromatic nitrogens is 1. The maximum atomic E-state index is 13.1. The maximum Gasteiger partial charge on any atom is 0.123 e. The standard InChI is InChI=1S/C17H21FN2/c1-11-8-12(2)20-14(4)17(11)13(3)19-10-15-6-5-7-16(18)9-15/h5-9,13,19H,10H2,1-4H3. The normalized spacial score (nSPS) is 12.4. The van der Waals surface area contributed by atoms with Crippen LogP contribution in [0.2, 0.25) is 0 Å². The molecule has 0 aliphatic carbocycles. The van der Waals surface area contributed by atoms with E-state index in [2.05, 4.69) is 30.2 Å². The molecule has 1 atom stereocenters. The Bertz CT molecular complexity index is 585. The summed E-state index contributed by atoms with van der Waals surface area (Å²) in [5, 5.41) is 3.44. The second kappa shape index (κ2) is 6.14. The highest BCUT2D eigenvalue weighted by molar-refractivity contribution is 5.33. The Balaban J connectivity index is 2.11. The minimum Gasteiger partial charge on any atom is -0.306 e. The smallest absolute Gasteiger partial charge is 0.123 e. The van der Waals surface area contributed by atoms with Gasteiger partial charge in [-0.3, -0.25) is 4.98 Å². The molecular formula is C17H21FN2. The second-order valence-corrected chi connectivity index (χ2v) is 5.31. The number of hydrogen-bond acceptors (Lipinski definition) is 2. The van der Waals surface area contributed by atoms with E-state index in [0.29, 0.717) is 6.54 Å². The Hall–Kier alpha value is -1.74. The van der Waals surface area contributed by atoms with Gasteiger partial charge in [0.05, 0.1) is 0 Å². The fourth-order valence-corrected chi connectivity index (χ4v) is 2.71. The second-order valence-electron chi connectivity index (χ2n) is 5.31. The minimum absolute atomic E-state index is 0.186. The Kier molecular flexibility index (Phi) is 4.50. The number of pyridine rings is 1. The van der Waals surface area contributed by atoms with Gasteiger partial charge < -0.3 is 5.32 Å². The molecule has 20 heavy (non-hydrogen) atoms. The van der Waals surface area contributed by atoms with Gasteiger partial charge in [-0.2, -0.15) is 0 Å². The molecule has 1 heterocycles. The van der Waals surface area contributed by atoms with Gasteiger partial charge in [-0.15, -0.1) is 0 Å². The zero-order valence-electron chi connectivity index (χ0n) is 12.5. The van der Waals surface area contributed by atoms with E-state index in [-0.39, 0.29) is 11.9 Å². The molecule has 0 amide bonds. The SMILES string of the molecule is Cc1cc(C)c(C(C)NCc2cccc(F)c2)c(C)n1. The van der Waals surface area contributed by atoms with Crippen LogP contribution in [0.5, 0.6) is 0 Å². The first-order chi connectivity index (χ1) is 9.47. The van der Waals surface area contributed by atoms with Crippen molar-refractivity contribution in [2.75, 3.05) is 0 Å². The van der Waals surface area contributed by atoms with E-state index in [1.54, 1.807) is 12.1 Å². The van der Waals surface area contributed by atoms with Gasteiger partial charge in [0.1, 0.15) is 5.82 Å². The number of nitrogens with zero attached hydrogens (tertiary/aromatic N) is 1. The van der Waals surface area contributed by atoms with Gasteiger partial charge in [0.15, 0.2) is 0 Å². The summed E-state index contributed by atoms with van der Waals surface area (Å²) in [6.45, 7) is 8.92. The van der Waals surface area contributed by atoms with Crippen LogP contribution in [0.25, 0.3) is 0 Å². The third-order valence-electron chi connectivity index (χ3n) is 3.52. The van der Waals surface area contributed by atoms with Gasteiger partial charge in [-0.05, 0) is 62.6 Å². The van der Waals surface area contributed by atoms with Crippen LogP contribution in [0.4, 0.5) is 4.39 Å². The van der Waals surface area contributed by atoms with E-state index >= 15 is 0 Å². The Labute approximate surface area is 120 Å². The zero-order chi connectivity index (χ0) is 14.7. The minimum atomic E-state index is -0.193. The average Bonchev–Trinajstić information content (AvgIpc) is 2.35. The average molecular weight is 272 g/mol. The molecule has 3 heteroatoms. The van der Waals surface area contributed by atoms with Crippen molar-refractivity contribution in [3.05, 3.63) is 64.2 Å². The summed E-state index contributed by atoms with van der Waals surface area (Å²) < 4.78 is 13.1. The maximum absolute atomic E-state index is 13.1. The molecule has 1 aromatic heterocycles. The van der Waals surface area contributed by atoms with E-state index in [4.69, 9.17) is 0 Å². The molecule has 0 radical (unpaired) electrons. The lowest BCUT2D eigenvalue weighted by atomic mass is 10.00. The van der Waals surface area contributed by atoms with E-state index < -0.39 is 0 Å². The molecular weight excluding hydrogens is 251 g/mol. The predicted molar refractivity (Wildman–Crippen MR) is 80.1 cm³/mol. The predicted octanol–water partition coefficient (Wildman–Crippen LogP) is 4.00. The Morgan fingerprint density at radius 2 is 1.95 bits per heavy atom. The molecule has 1 N–H and O–H groups in total. The van der Waals surface area contributed by atoms with Crippen molar-refractivity contribution in [1.29, 1.82) is 0 Å². The fourth-order valence-electron chi connectivity index (χ4n) is 2.71. The molecule has 1 aromatic carbocycles. The quantitative estimate of drug-likeness (QED) is 0.910. The van der Waals surface area contributed by atoms with Crippen molar-refractivity contribution >= 4 is 0 Å². The lowest BCUT2D eigenvalue weighted by Crippen LogP contribution is -2.20. The number of aryl methyl sites for hydroxylation is 3. The number of halogens is 1. The first-order valence-corrected chi connectivity index (χ1v) is 6.90. The van der Waals surface area contributed by atoms with Gasteiger partial charge in [0, 0.05) is 24.0 Å².